The standard InChI is InChI=1S/C23H29ClN2O2/c1-5-21(23(28)25-6-2)26(15-18-9-7-8-10-20(18)24)22(27)14-19-13-16(3)11-12-17(19)4/h7-13,21H,5-6,14-15H2,1-4H3,(H,25,28). The summed E-state index contributed by atoms with van der Waals surface area (Å²) < 4.78 is 0. The lowest BCUT2D eigenvalue weighted by Crippen LogP contribution is -2.49. The number of nitrogens with zero attached hydrogens (tertiary/aromatic N) is 1. The molecule has 2 aromatic carbocycles. The lowest BCUT2D eigenvalue weighted by Gasteiger charge is -2.31. The molecule has 1 N–H and O–H groups in total. The summed E-state index contributed by atoms with van der Waals surface area (Å²) in [6.45, 7) is 8.64. The van der Waals surface area contributed by atoms with Crippen LogP contribution in [-0.2, 0) is 22.6 Å². The summed E-state index contributed by atoms with van der Waals surface area (Å²) in [5, 5.41) is 3.45. The zero-order valence-electron chi connectivity index (χ0n) is 17.1. The molecular weight excluding hydrogens is 372 g/mol. The third kappa shape index (κ3) is 5.59. The maximum atomic E-state index is 13.3. The van der Waals surface area contributed by atoms with Gasteiger partial charge in [0.2, 0.25) is 11.8 Å². The molecular formula is C23H29ClN2O2. The molecule has 0 aliphatic carbocycles. The molecule has 28 heavy (non-hydrogen) atoms. The monoisotopic (exact) mass is 400 g/mol. The Bertz CT molecular complexity index is 835. The summed E-state index contributed by atoms with van der Waals surface area (Å²) >= 11 is 6.33. The molecule has 0 fully saturated rings. The van der Waals surface area contributed by atoms with Crippen LogP contribution in [0.5, 0.6) is 0 Å². The van der Waals surface area contributed by atoms with E-state index in [4.69, 9.17) is 11.6 Å². The van der Waals surface area contributed by atoms with Crippen molar-refractivity contribution in [2.24, 2.45) is 0 Å². The first-order chi connectivity index (χ1) is 13.4. The number of carbonyl (C=O) groups is 2. The number of rotatable bonds is 8. The highest BCUT2D eigenvalue weighted by Crippen LogP contribution is 2.21. The summed E-state index contributed by atoms with van der Waals surface area (Å²) in [6, 6.07) is 13.0. The Kier molecular flexibility index (Phi) is 8.06. The minimum absolute atomic E-state index is 0.0771. The molecule has 4 nitrogen and oxygen atoms in total. The fourth-order valence-corrected chi connectivity index (χ4v) is 3.47. The third-order valence-corrected chi connectivity index (χ3v) is 5.25. The Balaban J connectivity index is 2.35. The van der Waals surface area contributed by atoms with E-state index in [1.54, 1.807) is 11.0 Å². The van der Waals surface area contributed by atoms with Crippen molar-refractivity contribution in [3.8, 4) is 0 Å². The largest absolute Gasteiger partial charge is 0.355 e. The van der Waals surface area contributed by atoms with Crippen LogP contribution in [0.2, 0.25) is 5.02 Å². The van der Waals surface area contributed by atoms with Crippen molar-refractivity contribution in [2.75, 3.05) is 6.54 Å². The summed E-state index contributed by atoms with van der Waals surface area (Å²) in [5.74, 6) is -0.210. The van der Waals surface area contributed by atoms with Crippen molar-refractivity contribution in [3.05, 3.63) is 69.7 Å². The van der Waals surface area contributed by atoms with Gasteiger partial charge in [-0.3, -0.25) is 9.59 Å². The Labute approximate surface area is 172 Å². The Morgan fingerprint density at radius 1 is 1.07 bits per heavy atom. The molecule has 0 aliphatic rings. The van der Waals surface area contributed by atoms with Gasteiger partial charge in [0, 0.05) is 18.1 Å². The number of hydrogen-bond acceptors (Lipinski definition) is 2. The number of carbonyl (C=O) groups excluding carboxylic acids is 2. The van der Waals surface area contributed by atoms with Gasteiger partial charge in [0.05, 0.1) is 6.42 Å². The second-order valence-electron chi connectivity index (χ2n) is 7.04. The summed E-state index contributed by atoms with van der Waals surface area (Å²) in [4.78, 5) is 27.6. The molecule has 2 rings (SSSR count). The van der Waals surface area contributed by atoms with Crippen molar-refractivity contribution >= 4 is 23.4 Å². The molecule has 0 radical (unpaired) electrons. The van der Waals surface area contributed by atoms with Crippen LogP contribution in [0.3, 0.4) is 0 Å². The van der Waals surface area contributed by atoms with Crippen molar-refractivity contribution < 1.29 is 9.59 Å². The SMILES string of the molecule is CCNC(=O)C(CC)N(Cc1ccccc1Cl)C(=O)Cc1cc(C)ccc1C. The summed E-state index contributed by atoms with van der Waals surface area (Å²) in [7, 11) is 0. The molecule has 150 valence electrons. The first-order valence-corrected chi connectivity index (χ1v) is 10.1. The van der Waals surface area contributed by atoms with Crippen LogP contribution in [0.25, 0.3) is 0 Å². The van der Waals surface area contributed by atoms with Crippen LogP contribution in [-0.4, -0.2) is 29.3 Å². The molecule has 2 amide bonds. The highest BCUT2D eigenvalue weighted by atomic mass is 35.5. The van der Waals surface area contributed by atoms with Gasteiger partial charge in [-0.05, 0) is 49.9 Å². The maximum absolute atomic E-state index is 13.3. The molecule has 0 saturated heterocycles. The van der Waals surface area contributed by atoms with E-state index in [2.05, 4.69) is 5.32 Å². The Hall–Kier alpha value is -2.33. The van der Waals surface area contributed by atoms with E-state index < -0.39 is 6.04 Å². The van der Waals surface area contributed by atoms with Gasteiger partial charge in [0.1, 0.15) is 6.04 Å². The molecule has 0 heterocycles. The fraction of sp³-hybridized carbons (Fsp3) is 0.391. The molecule has 0 aromatic heterocycles. The molecule has 1 atom stereocenters. The van der Waals surface area contributed by atoms with E-state index in [0.29, 0.717) is 24.5 Å². The van der Waals surface area contributed by atoms with Crippen LogP contribution in [0.1, 0.15) is 42.5 Å². The Morgan fingerprint density at radius 2 is 1.79 bits per heavy atom. The number of amides is 2. The molecule has 0 saturated carbocycles. The van der Waals surface area contributed by atoms with Crippen molar-refractivity contribution in [2.45, 2.75) is 53.1 Å². The minimum atomic E-state index is -0.533. The zero-order chi connectivity index (χ0) is 20.7. The van der Waals surface area contributed by atoms with Crippen LogP contribution in [0.4, 0.5) is 0 Å². The van der Waals surface area contributed by atoms with E-state index in [1.165, 1.54) is 0 Å². The smallest absolute Gasteiger partial charge is 0.242 e. The van der Waals surface area contributed by atoms with Gasteiger partial charge < -0.3 is 10.2 Å². The first-order valence-electron chi connectivity index (χ1n) is 9.74. The predicted molar refractivity (Wildman–Crippen MR) is 114 cm³/mol. The quantitative estimate of drug-likeness (QED) is 0.711. The van der Waals surface area contributed by atoms with E-state index in [-0.39, 0.29) is 18.2 Å². The van der Waals surface area contributed by atoms with Crippen molar-refractivity contribution in [1.82, 2.24) is 10.2 Å². The number of aryl methyl sites for hydroxylation is 2. The minimum Gasteiger partial charge on any atom is -0.355 e. The van der Waals surface area contributed by atoms with Crippen LogP contribution in [0, 0.1) is 13.8 Å². The highest BCUT2D eigenvalue weighted by Gasteiger charge is 2.29. The zero-order valence-corrected chi connectivity index (χ0v) is 17.8. The normalized spacial score (nSPS) is 11.8. The fourth-order valence-electron chi connectivity index (χ4n) is 3.28. The first kappa shape index (κ1) is 22.0. The van der Waals surface area contributed by atoms with Gasteiger partial charge in [0.15, 0.2) is 0 Å². The van der Waals surface area contributed by atoms with Gasteiger partial charge in [-0.1, -0.05) is 60.5 Å². The van der Waals surface area contributed by atoms with Crippen molar-refractivity contribution in [3.63, 3.8) is 0 Å². The van der Waals surface area contributed by atoms with Gasteiger partial charge in [0.25, 0.3) is 0 Å². The lowest BCUT2D eigenvalue weighted by atomic mass is 10.0. The Morgan fingerprint density at radius 3 is 2.43 bits per heavy atom. The molecule has 0 aliphatic heterocycles. The summed E-state index contributed by atoms with van der Waals surface area (Å²) in [5.41, 5.74) is 4.01. The second-order valence-corrected chi connectivity index (χ2v) is 7.45. The summed E-state index contributed by atoms with van der Waals surface area (Å²) in [6.07, 6.45) is 0.794. The second kappa shape index (κ2) is 10.3. The average molecular weight is 401 g/mol. The average Bonchev–Trinajstić information content (AvgIpc) is 2.66. The number of likely N-dealkylation sites (N-methyl/N-ethyl adjacent to an activating group) is 1. The molecule has 1 unspecified atom stereocenters. The van der Waals surface area contributed by atoms with Gasteiger partial charge in [-0.25, -0.2) is 0 Å². The lowest BCUT2D eigenvalue weighted by molar-refractivity contribution is -0.140. The predicted octanol–water partition coefficient (Wildman–Crippen LogP) is 4.44. The topological polar surface area (TPSA) is 49.4 Å². The number of hydrogen-bond donors (Lipinski definition) is 1. The van der Waals surface area contributed by atoms with E-state index in [0.717, 1.165) is 22.3 Å². The van der Waals surface area contributed by atoms with Crippen LogP contribution >= 0.6 is 11.6 Å². The third-order valence-electron chi connectivity index (χ3n) is 4.88. The number of halogens is 1. The van der Waals surface area contributed by atoms with Crippen molar-refractivity contribution in [1.29, 1.82) is 0 Å². The van der Waals surface area contributed by atoms with Crippen LogP contribution < -0.4 is 5.32 Å². The molecule has 5 heteroatoms. The van der Waals surface area contributed by atoms with Gasteiger partial charge in [-0.15, -0.1) is 0 Å². The highest BCUT2D eigenvalue weighted by molar-refractivity contribution is 6.31. The van der Waals surface area contributed by atoms with Gasteiger partial charge in [-0.2, -0.15) is 0 Å². The van der Waals surface area contributed by atoms with E-state index >= 15 is 0 Å². The molecule has 2 aromatic rings. The molecule has 0 spiro atoms. The van der Waals surface area contributed by atoms with E-state index in [9.17, 15) is 9.59 Å². The number of nitrogens with one attached hydrogen (secondary N) is 1. The van der Waals surface area contributed by atoms with Crippen LogP contribution in [0.15, 0.2) is 42.5 Å². The number of benzene rings is 2. The molecule has 0 bridgehead atoms. The van der Waals surface area contributed by atoms with E-state index in [1.807, 2.05) is 64.1 Å². The maximum Gasteiger partial charge on any atom is 0.242 e. The van der Waals surface area contributed by atoms with Gasteiger partial charge >= 0.3 is 0 Å².